The van der Waals surface area contributed by atoms with Crippen LogP contribution in [0, 0.1) is 10.1 Å². The standard InChI is InChI=1S/C11H13ClN2O5S/c12-8-5-7(6-3-1-2-4-6)9(14(16)17)10(15)11(8)20(13,18)19/h5-6,15H,1-4H2,(H2,13,18,19). The average molecular weight is 321 g/mol. The van der Waals surface area contributed by atoms with Crippen LogP contribution in [0.5, 0.6) is 5.75 Å². The molecule has 1 fully saturated rings. The maximum absolute atomic E-state index is 11.4. The molecule has 1 aromatic carbocycles. The second-order valence-electron chi connectivity index (χ2n) is 4.76. The Morgan fingerprint density at radius 2 is 1.95 bits per heavy atom. The van der Waals surface area contributed by atoms with E-state index in [1.54, 1.807) is 0 Å². The molecule has 0 unspecified atom stereocenters. The number of phenols is 1. The number of primary sulfonamides is 1. The fraction of sp³-hybridized carbons (Fsp3) is 0.455. The molecule has 7 nitrogen and oxygen atoms in total. The topological polar surface area (TPSA) is 124 Å². The smallest absolute Gasteiger partial charge is 0.315 e. The SMILES string of the molecule is NS(=O)(=O)c1c(Cl)cc(C2CCCC2)c([N+](=O)[O-])c1O. The van der Waals surface area contributed by atoms with Crippen LogP contribution in [-0.2, 0) is 10.0 Å². The minimum Gasteiger partial charge on any atom is -0.501 e. The van der Waals surface area contributed by atoms with Gasteiger partial charge in [-0.05, 0) is 24.8 Å². The zero-order valence-electron chi connectivity index (χ0n) is 10.4. The van der Waals surface area contributed by atoms with Crippen molar-refractivity contribution in [3.8, 4) is 5.75 Å². The van der Waals surface area contributed by atoms with Crippen molar-refractivity contribution in [2.45, 2.75) is 36.5 Å². The first-order chi connectivity index (χ1) is 9.23. The number of hydrogen-bond donors (Lipinski definition) is 2. The van der Waals surface area contributed by atoms with Crippen LogP contribution >= 0.6 is 11.6 Å². The van der Waals surface area contributed by atoms with E-state index in [1.807, 2.05) is 0 Å². The van der Waals surface area contributed by atoms with E-state index >= 15 is 0 Å². The van der Waals surface area contributed by atoms with Gasteiger partial charge in [-0.15, -0.1) is 0 Å². The van der Waals surface area contributed by atoms with Crippen LogP contribution < -0.4 is 5.14 Å². The Labute approximate surface area is 120 Å². The molecule has 0 amide bonds. The molecule has 0 heterocycles. The maximum atomic E-state index is 11.4. The third-order valence-corrected chi connectivity index (χ3v) is 4.87. The zero-order chi connectivity index (χ0) is 15.1. The van der Waals surface area contributed by atoms with Gasteiger partial charge in [-0.1, -0.05) is 24.4 Å². The van der Waals surface area contributed by atoms with E-state index in [2.05, 4.69) is 0 Å². The van der Waals surface area contributed by atoms with Crippen molar-refractivity contribution in [2.75, 3.05) is 0 Å². The van der Waals surface area contributed by atoms with Gasteiger partial charge in [0.05, 0.1) is 9.95 Å². The van der Waals surface area contributed by atoms with Crippen molar-refractivity contribution in [1.29, 1.82) is 0 Å². The van der Waals surface area contributed by atoms with Gasteiger partial charge in [0.25, 0.3) is 0 Å². The first-order valence-electron chi connectivity index (χ1n) is 5.96. The lowest BCUT2D eigenvalue weighted by Gasteiger charge is -2.14. The van der Waals surface area contributed by atoms with Gasteiger partial charge >= 0.3 is 5.69 Å². The molecular formula is C11H13ClN2O5S. The van der Waals surface area contributed by atoms with Gasteiger partial charge in [0.2, 0.25) is 15.8 Å². The molecule has 0 spiro atoms. The van der Waals surface area contributed by atoms with E-state index in [0.29, 0.717) is 0 Å². The Bertz CT molecular complexity index is 668. The summed E-state index contributed by atoms with van der Waals surface area (Å²) >= 11 is 5.83. The third kappa shape index (κ3) is 2.58. The normalized spacial score (nSPS) is 16.5. The zero-order valence-corrected chi connectivity index (χ0v) is 11.9. The summed E-state index contributed by atoms with van der Waals surface area (Å²) in [4.78, 5) is 9.56. The highest BCUT2D eigenvalue weighted by atomic mass is 35.5. The van der Waals surface area contributed by atoms with Crippen molar-refractivity contribution < 1.29 is 18.4 Å². The molecule has 0 saturated heterocycles. The number of rotatable bonds is 3. The Balaban J connectivity index is 2.75. The van der Waals surface area contributed by atoms with Crippen LogP contribution in [0.25, 0.3) is 0 Å². The highest BCUT2D eigenvalue weighted by Gasteiger charge is 2.34. The monoisotopic (exact) mass is 320 g/mol. The van der Waals surface area contributed by atoms with Gasteiger partial charge in [-0.3, -0.25) is 10.1 Å². The molecule has 3 N–H and O–H groups in total. The summed E-state index contributed by atoms with van der Waals surface area (Å²) in [5, 5.41) is 25.7. The molecule has 0 atom stereocenters. The lowest BCUT2D eigenvalue weighted by atomic mass is 9.95. The van der Waals surface area contributed by atoms with E-state index in [9.17, 15) is 23.6 Å². The summed E-state index contributed by atoms with van der Waals surface area (Å²) in [6, 6.07) is 1.23. The summed E-state index contributed by atoms with van der Waals surface area (Å²) < 4.78 is 22.8. The fourth-order valence-electron chi connectivity index (χ4n) is 2.64. The molecule has 20 heavy (non-hydrogen) atoms. The van der Waals surface area contributed by atoms with Crippen molar-refractivity contribution in [3.63, 3.8) is 0 Å². The summed E-state index contributed by atoms with van der Waals surface area (Å²) in [6.07, 6.45) is 3.34. The quantitative estimate of drug-likeness (QED) is 0.653. The van der Waals surface area contributed by atoms with E-state index in [0.717, 1.165) is 25.7 Å². The minimum atomic E-state index is -4.35. The van der Waals surface area contributed by atoms with E-state index < -0.39 is 31.3 Å². The van der Waals surface area contributed by atoms with Crippen LogP contribution in [0.3, 0.4) is 0 Å². The summed E-state index contributed by atoms with van der Waals surface area (Å²) in [7, 11) is -4.35. The molecule has 1 saturated carbocycles. The van der Waals surface area contributed by atoms with Gasteiger partial charge in [-0.2, -0.15) is 0 Å². The summed E-state index contributed by atoms with van der Waals surface area (Å²) in [5.41, 5.74) is -0.354. The minimum absolute atomic E-state index is 0.103. The molecule has 1 aliphatic carbocycles. The van der Waals surface area contributed by atoms with Crippen LogP contribution in [0.4, 0.5) is 5.69 Å². The van der Waals surface area contributed by atoms with Gasteiger partial charge in [0, 0.05) is 5.56 Å². The number of sulfonamides is 1. The maximum Gasteiger partial charge on any atom is 0.315 e. The Hall–Kier alpha value is -1.38. The predicted molar refractivity (Wildman–Crippen MR) is 72.4 cm³/mol. The van der Waals surface area contributed by atoms with Crippen molar-refractivity contribution in [1.82, 2.24) is 0 Å². The number of nitrogens with two attached hydrogens (primary N) is 1. The molecule has 0 aromatic heterocycles. The van der Waals surface area contributed by atoms with Crippen LogP contribution in [0.15, 0.2) is 11.0 Å². The fourth-order valence-corrected chi connectivity index (χ4v) is 3.86. The number of halogens is 1. The lowest BCUT2D eigenvalue weighted by Crippen LogP contribution is -2.14. The lowest BCUT2D eigenvalue weighted by molar-refractivity contribution is -0.387. The van der Waals surface area contributed by atoms with Crippen molar-refractivity contribution in [3.05, 3.63) is 26.8 Å². The second kappa shape index (κ2) is 5.19. The molecule has 0 bridgehead atoms. The molecule has 0 radical (unpaired) electrons. The van der Waals surface area contributed by atoms with Gasteiger partial charge in [0.1, 0.15) is 4.90 Å². The number of nitrogens with zero attached hydrogens (tertiary/aromatic N) is 1. The number of benzene rings is 1. The molecular weight excluding hydrogens is 308 g/mol. The number of phenolic OH excluding ortho intramolecular Hbond substituents is 1. The number of aromatic hydroxyl groups is 1. The Morgan fingerprint density at radius 1 is 1.40 bits per heavy atom. The number of hydrogen-bond acceptors (Lipinski definition) is 5. The first kappa shape index (κ1) is 15.0. The second-order valence-corrected chi connectivity index (χ2v) is 6.66. The highest BCUT2D eigenvalue weighted by Crippen LogP contribution is 2.47. The van der Waals surface area contributed by atoms with Crippen molar-refractivity contribution in [2.24, 2.45) is 5.14 Å². The summed E-state index contributed by atoms with van der Waals surface area (Å²) in [6.45, 7) is 0. The molecule has 0 aliphatic heterocycles. The van der Waals surface area contributed by atoms with E-state index in [1.165, 1.54) is 6.07 Å². The number of nitro groups is 1. The predicted octanol–water partition coefficient (Wildman–Crippen LogP) is 2.26. The largest absolute Gasteiger partial charge is 0.501 e. The van der Waals surface area contributed by atoms with Gasteiger partial charge < -0.3 is 5.11 Å². The van der Waals surface area contributed by atoms with Crippen LogP contribution in [0.2, 0.25) is 5.02 Å². The summed E-state index contributed by atoms with van der Waals surface area (Å²) in [5.74, 6) is -1.08. The molecule has 1 aliphatic rings. The molecule has 110 valence electrons. The third-order valence-electron chi connectivity index (χ3n) is 3.47. The Kier molecular flexibility index (Phi) is 3.90. The van der Waals surface area contributed by atoms with Gasteiger partial charge in [-0.25, -0.2) is 13.6 Å². The molecule has 2 rings (SSSR count). The molecule has 9 heteroatoms. The highest BCUT2D eigenvalue weighted by molar-refractivity contribution is 7.89. The molecule has 1 aromatic rings. The van der Waals surface area contributed by atoms with E-state index in [4.69, 9.17) is 16.7 Å². The van der Waals surface area contributed by atoms with E-state index in [-0.39, 0.29) is 16.5 Å². The van der Waals surface area contributed by atoms with Gasteiger partial charge in [0.15, 0.2) is 0 Å². The Morgan fingerprint density at radius 3 is 2.40 bits per heavy atom. The van der Waals surface area contributed by atoms with Crippen LogP contribution in [-0.4, -0.2) is 18.4 Å². The first-order valence-corrected chi connectivity index (χ1v) is 7.88. The number of nitro benzene ring substituents is 1. The van der Waals surface area contributed by atoms with Crippen molar-refractivity contribution >= 4 is 27.3 Å². The average Bonchev–Trinajstić information content (AvgIpc) is 2.78. The van der Waals surface area contributed by atoms with Crippen LogP contribution in [0.1, 0.15) is 37.2 Å².